The molecular formula is C10H11BrO2. The Morgan fingerprint density at radius 2 is 2.00 bits per heavy atom. The lowest BCUT2D eigenvalue weighted by Crippen LogP contribution is -2.11. The van der Waals surface area contributed by atoms with Gasteiger partial charge in [0.15, 0.2) is 0 Å². The maximum Gasteiger partial charge on any atom is 0.306 e. The van der Waals surface area contributed by atoms with Crippen LogP contribution in [0.25, 0.3) is 0 Å². The van der Waals surface area contributed by atoms with Crippen LogP contribution in [0, 0.1) is 5.92 Å². The highest BCUT2D eigenvalue weighted by atomic mass is 79.9. The van der Waals surface area contributed by atoms with Crippen molar-refractivity contribution >= 4 is 21.9 Å². The lowest BCUT2D eigenvalue weighted by atomic mass is 10.0. The molecule has 0 saturated carbocycles. The second kappa shape index (κ2) is 4.42. The summed E-state index contributed by atoms with van der Waals surface area (Å²) in [7, 11) is 0. The lowest BCUT2D eigenvalue weighted by molar-refractivity contribution is -0.141. The number of carboxylic acids is 1. The Morgan fingerprint density at radius 3 is 2.46 bits per heavy atom. The normalized spacial score (nSPS) is 12.5. The molecule has 70 valence electrons. The van der Waals surface area contributed by atoms with E-state index in [2.05, 4.69) is 15.9 Å². The Hall–Kier alpha value is -0.830. The van der Waals surface area contributed by atoms with Gasteiger partial charge in [0, 0.05) is 4.47 Å². The number of hydrogen-bond donors (Lipinski definition) is 1. The summed E-state index contributed by atoms with van der Waals surface area (Å²) in [6.07, 6.45) is 0.586. The SMILES string of the molecule is CC(Cc1ccc(Br)cc1)C(=O)O. The summed E-state index contributed by atoms with van der Waals surface area (Å²) in [4.78, 5) is 10.6. The van der Waals surface area contributed by atoms with Crippen molar-refractivity contribution in [3.63, 3.8) is 0 Å². The predicted molar refractivity (Wildman–Crippen MR) is 54.6 cm³/mol. The number of rotatable bonds is 3. The highest BCUT2D eigenvalue weighted by molar-refractivity contribution is 9.10. The molecular weight excluding hydrogens is 232 g/mol. The maximum atomic E-state index is 10.6. The molecule has 0 amide bonds. The zero-order valence-corrected chi connectivity index (χ0v) is 8.91. The fourth-order valence-corrected chi connectivity index (χ4v) is 1.33. The van der Waals surface area contributed by atoms with Crippen molar-refractivity contribution in [2.75, 3.05) is 0 Å². The summed E-state index contributed by atoms with van der Waals surface area (Å²) < 4.78 is 1.01. The first-order valence-electron chi connectivity index (χ1n) is 4.07. The van der Waals surface area contributed by atoms with Gasteiger partial charge in [0.05, 0.1) is 5.92 Å². The average molecular weight is 243 g/mol. The van der Waals surface area contributed by atoms with E-state index in [0.717, 1.165) is 10.0 Å². The van der Waals surface area contributed by atoms with E-state index < -0.39 is 5.97 Å². The molecule has 1 atom stereocenters. The highest BCUT2D eigenvalue weighted by Gasteiger charge is 2.10. The van der Waals surface area contributed by atoms with Crippen molar-refractivity contribution in [3.8, 4) is 0 Å². The van der Waals surface area contributed by atoms with Crippen molar-refractivity contribution in [3.05, 3.63) is 34.3 Å². The van der Waals surface area contributed by atoms with Gasteiger partial charge in [-0.05, 0) is 24.1 Å². The van der Waals surface area contributed by atoms with Crippen molar-refractivity contribution in [2.24, 2.45) is 5.92 Å². The number of carboxylic acid groups (broad SMARTS) is 1. The minimum atomic E-state index is -0.747. The van der Waals surface area contributed by atoms with Crippen molar-refractivity contribution in [2.45, 2.75) is 13.3 Å². The zero-order valence-electron chi connectivity index (χ0n) is 7.33. The summed E-state index contributed by atoms with van der Waals surface area (Å²) in [5.41, 5.74) is 1.05. The standard InChI is InChI=1S/C10H11BrO2/c1-7(10(12)13)6-8-2-4-9(11)5-3-8/h2-5,7H,6H2,1H3,(H,12,13). The second-order valence-electron chi connectivity index (χ2n) is 3.07. The Morgan fingerprint density at radius 1 is 1.46 bits per heavy atom. The molecule has 0 bridgehead atoms. The van der Waals surface area contributed by atoms with Gasteiger partial charge < -0.3 is 5.11 Å². The topological polar surface area (TPSA) is 37.3 Å². The molecule has 0 spiro atoms. The van der Waals surface area contributed by atoms with Crippen LogP contribution in [0.2, 0.25) is 0 Å². The fraction of sp³-hybridized carbons (Fsp3) is 0.300. The number of aliphatic carboxylic acids is 1. The van der Waals surface area contributed by atoms with Gasteiger partial charge in [0.25, 0.3) is 0 Å². The average Bonchev–Trinajstić information content (AvgIpc) is 2.08. The van der Waals surface area contributed by atoms with Crippen LogP contribution in [-0.2, 0) is 11.2 Å². The minimum Gasteiger partial charge on any atom is -0.481 e. The summed E-state index contributed by atoms with van der Waals surface area (Å²) in [5, 5.41) is 8.69. The third-order valence-corrected chi connectivity index (χ3v) is 2.41. The Balaban J connectivity index is 2.64. The Bertz CT molecular complexity index is 292. The van der Waals surface area contributed by atoms with Crippen LogP contribution in [0.5, 0.6) is 0 Å². The number of hydrogen-bond acceptors (Lipinski definition) is 1. The molecule has 2 nitrogen and oxygen atoms in total. The van der Waals surface area contributed by atoms with E-state index in [1.807, 2.05) is 24.3 Å². The first-order chi connectivity index (χ1) is 6.09. The van der Waals surface area contributed by atoms with Crippen molar-refractivity contribution in [1.29, 1.82) is 0 Å². The second-order valence-corrected chi connectivity index (χ2v) is 3.99. The molecule has 0 heterocycles. The number of halogens is 1. The van der Waals surface area contributed by atoms with Gasteiger partial charge in [-0.2, -0.15) is 0 Å². The van der Waals surface area contributed by atoms with E-state index in [0.29, 0.717) is 6.42 Å². The highest BCUT2D eigenvalue weighted by Crippen LogP contribution is 2.13. The fourth-order valence-electron chi connectivity index (χ4n) is 1.06. The summed E-state index contributed by atoms with van der Waals surface area (Å²) in [6, 6.07) is 7.71. The van der Waals surface area contributed by atoms with E-state index in [9.17, 15) is 4.79 Å². The van der Waals surface area contributed by atoms with E-state index >= 15 is 0 Å². The molecule has 0 fully saturated rings. The van der Waals surface area contributed by atoms with Gasteiger partial charge in [-0.15, -0.1) is 0 Å². The van der Waals surface area contributed by atoms with Gasteiger partial charge in [-0.25, -0.2) is 0 Å². The minimum absolute atomic E-state index is 0.318. The van der Waals surface area contributed by atoms with Gasteiger partial charge in [0.2, 0.25) is 0 Å². The first kappa shape index (κ1) is 10.3. The van der Waals surface area contributed by atoms with Crippen LogP contribution in [-0.4, -0.2) is 11.1 Å². The molecule has 1 aromatic rings. The third-order valence-electron chi connectivity index (χ3n) is 1.88. The van der Waals surface area contributed by atoms with Crippen LogP contribution >= 0.6 is 15.9 Å². The van der Waals surface area contributed by atoms with Crippen LogP contribution in [0.3, 0.4) is 0 Å². The molecule has 0 radical (unpaired) electrons. The summed E-state index contributed by atoms with van der Waals surface area (Å²) in [6.45, 7) is 1.71. The van der Waals surface area contributed by atoms with Crippen molar-refractivity contribution in [1.82, 2.24) is 0 Å². The van der Waals surface area contributed by atoms with Gasteiger partial charge in [-0.3, -0.25) is 4.79 Å². The smallest absolute Gasteiger partial charge is 0.306 e. The predicted octanol–water partition coefficient (Wildman–Crippen LogP) is 2.71. The van der Waals surface area contributed by atoms with E-state index in [4.69, 9.17) is 5.11 Å². The molecule has 0 aliphatic rings. The molecule has 1 aromatic carbocycles. The monoisotopic (exact) mass is 242 g/mol. The summed E-state index contributed by atoms with van der Waals surface area (Å²) >= 11 is 3.32. The van der Waals surface area contributed by atoms with E-state index in [1.165, 1.54) is 0 Å². The third kappa shape index (κ3) is 3.19. The lowest BCUT2D eigenvalue weighted by Gasteiger charge is -2.05. The molecule has 3 heteroatoms. The largest absolute Gasteiger partial charge is 0.481 e. The molecule has 13 heavy (non-hydrogen) atoms. The van der Waals surface area contributed by atoms with Gasteiger partial charge >= 0.3 is 5.97 Å². The number of carbonyl (C=O) groups is 1. The zero-order chi connectivity index (χ0) is 9.84. The van der Waals surface area contributed by atoms with Gasteiger partial charge in [-0.1, -0.05) is 35.0 Å². The molecule has 1 N–H and O–H groups in total. The molecule has 0 aliphatic carbocycles. The summed E-state index contributed by atoms with van der Waals surface area (Å²) in [5.74, 6) is -1.07. The molecule has 1 unspecified atom stereocenters. The molecule has 0 aromatic heterocycles. The van der Waals surface area contributed by atoms with Crippen LogP contribution < -0.4 is 0 Å². The van der Waals surface area contributed by atoms with Crippen LogP contribution in [0.4, 0.5) is 0 Å². The van der Waals surface area contributed by atoms with E-state index in [-0.39, 0.29) is 5.92 Å². The first-order valence-corrected chi connectivity index (χ1v) is 4.86. The Kier molecular flexibility index (Phi) is 3.48. The van der Waals surface area contributed by atoms with Gasteiger partial charge in [0.1, 0.15) is 0 Å². The molecule has 0 saturated heterocycles. The quantitative estimate of drug-likeness (QED) is 0.886. The molecule has 1 rings (SSSR count). The molecule has 0 aliphatic heterocycles. The maximum absolute atomic E-state index is 10.6. The van der Waals surface area contributed by atoms with E-state index in [1.54, 1.807) is 6.92 Å². The van der Waals surface area contributed by atoms with Crippen molar-refractivity contribution < 1.29 is 9.90 Å². The van der Waals surface area contributed by atoms with Crippen LogP contribution in [0.15, 0.2) is 28.7 Å². The Labute approximate surface area is 85.7 Å². The number of benzene rings is 1. The van der Waals surface area contributed by atoms with Crippen LogP contribution in [0.1, 0.15) is 12.5 Å².